The fourth-order valence-electron chi connectivity index (χ4n) is 2.01. The lowest BCUT2D eigenvalue weighted by atomic mass is 10.1. The summed E-state index contributed by atoms with van der Waals surface area (Å²) in [5.74, 6) is 0.965. The lowest BCUT2D eigenvalue weighted by molar-refractivity contribution is 0.282. The van der Waals surface area contributed by atoms with E-state index in [4.69, 9.17) is 4.74 Å². The Morgan fingerprint density at radius 1 is 0.895 bits per heavy atom. The molecule has 0 radical (unpaired) electrons. The van der Waals surface area contributed by atoms with Crippen LogP contribution in [0.15, 0.2) is 54.6 Å². The van der Waals surface area contributed by atoms with Crippen molar-refractivity contribution in [3.63, 3.8) is 0 Å². The molecule has 0 spiro atoms. The van der Waals surface area contributed by atoms with Crippen molar-refractivity contribution >= 4 is 0 Å². The molecule has 0 fully saturated rings. The number of rotatable bonds is 6. The molecular weight excluding hydrogens is 234 g/mol. The van der Waals surface area contributed by atoms with Gasteiger partial charge in [-0.2, -0.15) is 0 Å². The Labute approximate surface area is 115 Å². The van der Waals surface area contributed by atoms with Gasteiger partial charge in [0.25, 0.3) is 0 Å². The van der Waals surface area contributed by atoms with Gasteiger partial charge >= 0.3 is 0 Å². The monoisotopic (exact) mass is 255 g/mol. The van der Waals surface area contributed by atoms with Gasteiger partial charge in [-0.25, -0.2) is 0 Å². The maximum absolute atomic E-state index is 5.92. The van der Waals surface area contributed by atoms with Crippen LogP contribution in [0.2, 0.25) is 0 Å². The van der Waals surface area contributed by atoms with E-state index in [0.717, 1.165) is 30.9 Å². The molecule has 2 heteroatoms. The summed E-state index contributed by atoms with van der Waals surface area (Å²) < 4.78 is 5.92. The average molecular weight is 255 g/mol. The van der Waals surface area contributed by atoms with E-state index < -0.39 is 0 Å². The summed E-state index contributed by atoms with van der Waals surface area (Å²) >= 11 is 0. The largest absolute Gasteiger partial charge is 0.493 e. The van der Waals surface area contributed by atoms with E-state index in [2.05, 4.69) is 55.4 Å². The van der Waals surface area contributed by atoms with E-state index in [9.17, 15) is 0 Å². The van der Waals surface area contributed by atoms with Crippen molar-refractivity contribution in [1.29, 1.82) is 0 Å². The van der Waals surface area contributed by atoms with E-state index in [1.807, 2.05) is 18.2 Å². The molecule has 2 nitrogen and oxygen atoms in total. The van der Waals surface area contributed by atoms with E-state index in [0.29, 0.717) is 0 Å². The van der Waals surface area contributed by atoms with Gasteiger partial charge in [0, 0.05) is 12.1 Å². The number of hydrogen-bond donors (Lipinski definition) is 0. The van der Waals surface area contributed by atoms with Gasteiger partial charge in [0.05, 0.1) is 6.61 Å². The maximum atomic E-state index is 5.92. The highest BCUT2D eigenvalue weighted by molar-refractivity contribution is 5.70. The Bertz CT molecular complexity index is 494. The fraction of sp³-hybridized carbons (Fsp3) is 0.294. The van der Waals surface area contributed by atoms with Crippen LogP contribution in [0.4, 0.5) is 0 Å². The lowest BCUT2D eigenvalue weighted by Gasteiger charge is -2.13. The molecule has 0 amide bonds. The summed E-state index contributed by atoms with van der Waals surface area (Å²) in [6.07, 6.45) is 1.04. The first-order chi connectivity index (χ1) is 9.27. The highest BCUT2D eigenvalue weighted by Gasteiger charge is 2.04. The molecular formula is C17H21NO. The van der Waals surface area contributed by atoms with Crippen LogP contribution in [0.25, 0.3) is 11.1 Å². The molecule has 19 heavy (non-hydrogen) atoms. The Hall–Kier alpha value is -1.80. The second kappa shape index (κ2) is 6.95. The molecule has 0 saturated heterocycles. The number of para-hydroxylation sites is 1. The predicted molar refractivity (Wildman–Crippen MR) is 80.5 cm³/mol. The third-order valence-electron chi connectivity index (χ3n) is 2.98. The zero-order valence-electron chi connectivity index (χ0n) is 11.7. The van der Waals surface area contributed by atoms with Gasteiger partial charge in [-0.15, -0.1) is 0 Å². The first-order valence-electron chi connectivity index (χ1n) is 6.69. The van der Waals surface area contributed by atoms with Crippen molar-refractivity contribution in [2.45, 2.75) is 6.42 Å². The molecule has 0 aromatic heterocycles. The molecule has 0 aliphatic carbocycles. The van der Waals surface area contributed by atoms with E-state index in [1.165, 1.54) is 5.56 Å². The Morgan fingerprint density at radius 3 is 2.32 bits per heavy atom. The smallest absolute Gasteiger partial charge is 0.127 e. The van der Waals surface area contributed by atoms with Crippen LogP contribution in [-0.4, -0.2) is 32.1 Å². The van der Waals surface area contributed by atoms with Gasteiger partial charge in [0.1, 0.15) is 5.75 Å². The van der Waals surface area contributed by atoms with Crippen LogP contribution in [-0.2, 0) is 0 Å². The summed E-state index contributed by atoms with van der Waals surface area (Å²) in [5, 5.41) is 0. The molecule has 0 bridgehead atoms. The molecule has 0 atom stereocenters. The van der Waals surface area contributed by atoms with Gasteiger partial charge in [-0.1, -0.05) is 48.5 Å². The fourth-order valence-corrected chi connectivity index (χ4v) is 2.01. The van der Waals surface area contributed by atoms with E-state index in [-0.39, 0.29) is 0 Å². The average Bonchev–Trinajstić information content (AvgIpc) is 2.45. The molecule has 0 heterocycles. The molecule has 0 aliphatic heterocycles. The second-order valence-corrected chi connectivity index (χ2v) is 4.87. The van der Waals surface area contributed by atoms with E-state index >= 15 is 0 Å². The molecule has 0 saturated carbocycles. The Kier molecular flexibility index (Phi) is 4.99. The first-order valence-corrected chi connectivity index (χ1v) is 6.69. The topological polar surface area (TPSA) is 12.5 Å². The van der Waals surface area contributed by atoms with Crippen LogP contribution in [0.1, 0.15) is 6.42 Å². The first kappa shape index (κ1) is 13.6. The summed E-state index contributed by atoms with van der Waals surface area (Å²) in [4.78, 5) is 2.17. The number of ether oxygens (including phenoxy) is 1. The summed E-state index contributed by atoms with van der Waals surface area (Å²) in [6, 6.07) is 18.6. The number of benzene rings is 2. The molecule has 0 aliphatic rings. The third kappa shape index (κ3) is 4.11. The van der Waals surface area contributed by atoms with Crippen LogP contribution in [0.5, 0.6) is 5.75 Å². The van der Waals surface area contributed by atoms with E-state index in [1.54, 1.807) is 0 Å². The third-order valence-corrected chi connectivity index (χ3v) is 2.98. The van der Waals surface area contributed by atoms with Crippen molar-refractivity contribution in [3.05, 3.63) is 54.6 Å². The van der Waals surface area contributed by atoms with Crippen LogP contribution >= 0.6 is 0 Å². The zero-order chi connectivity index (χ0) is 13.5. The second-order valence-electron chi connectivity index (χ2n) is 4.87. The normalized spacial score (nSPS) is 10.7. The molecule has 2 aromatic rings. The number of nitrogens with zero attached hydrogens (tertiary/aromatic N) is 1. The van der Waals surface area contributed by atoms with Crippen LogP contribution in [0, 0.1) is 0 Å². The number of hydrogen-bond acceptors (Lipinski definition) is 2. The summed E-state index contributed by atoms with van der Waals surface area (Å²) in [7, 11) is 4.16. The standard InChI is InChI=1S/C17H21NO/c1-18(2)13-8-14-19-17-12-7-6-11-16(17)15-9-4-3-5-10-15/h3-7,9-12H,8,13-14H2,1-2H3. The molecule has 2 rings (SSSR count). The highest BCUT2D eigenvalue weighted by Crippen LogP contribution is 2.29. The van der Waals surface area contributed by atoms with Gasteiger partial charge in [-0.3, -0.25) is 0 Å². The van der Waals surface area contributed by atoms with Gasteiger partial charge in [0.15, 0.2) is 0 Å². The Balaban J connectivity index is 2.05. The molecule has 2 aromatic carbocycles. The SMILES string of the molecule is CN(C)CCCOc1ccccc1-c1ccccc1. The van der Waals surface area contributed by atoms with Crippen molar-refractivity contribution in [2.75, 3.05) is 27.2 Å². The lowest BCUT2D eigenvalue weighted by Crippen LogP contribution is -2.15. The van der Waals surface area contributed by atoms with Crippen molar-refractivity contribution in [3.8, 4) is 16.9 Å². The van der Waals surface area contributed by atoms with Gasteiger partial charge < -0.3 is 9.64 Å². The Morgan fingerprint density at radius 2 is 1.58 bits per heavy atom. The predicted octanol–water partition coefficient (Wildman–Crippen LogP) is 3.68. The minimum atomic E-state index is 0.752. The quantitative estimate of drug-likeness (QED) is 0.730. The maximum Gasteiger partial charge on any atom is 0.127 e. The highest BCUT2D eigenvalue weighted by atomic mass is 16.5. The molecule has 0 N–H and O–H groups in total. The molecule has 0 unspecified atom stereocenters. The minimum absolute atomic E-state index is 0.752. The van der Waals surface area contributed by atoms with Crippen LogP contribution in [0.3, 0.4) is 0 Å². The van der Waals surface area contributed by atoms with Gasteiger partial charge in [-0.05, 0) is 32.1 Å². The van der Waals surface area contributed by atoms with Crippen molar-refractivity contribution < 1.29 is 4.74 Å². The van der Waals surface area contributed by atoms with Crippen molar-refractivity contribution in [2.24, 2.45) is 0 Å². The zero-order valence-corrected chi connectivity index (χ0v) is 11.7. The minimum Gasteiger partial charge on any atom is -0.493 e. The molecule has 100 valence electrons. The van der Waals surface area contributed by atoms with Crippen LogP contribution < -0.4 is 4.74 Å². The summed E-state index contributed by atoms with van der Waals surface area (Å²) in [5.41, 5.74) is 2.36. The summed E-state index contributed by atoms with van der Waals surface area (Å²) in [6.45, 7) is 1.80. The van der Waals surface area contributed by atoms with Gasteiger partial charge in [0.2, 0.25) is 0 Å². The van der Waals surface area contributed by atoms with Crippen molar-refractivity contribution in [1.82, 2.24) is 4.90 Å².